The van der Waals surface area contributed by atoms with Gasteiger partial charge in [0.05, 0.1) is 24.1 Å². The normalized spacial score (nSPS) is 32.5. The average Bonchev–Trinajstić information content (AvgIpc) is 2.83. The smallest absolute Gasteiger partial charge is 0.238 e. The van der Waals surface area contributed by atoms with Crippen LogP contribution < -0.4 is 9.64 Å². The summed E-state index contributed by atoms with van der Waals surface area (Å²) in [5, 5.41) is 0. The first kappa shape index (κ1) is 13.6. The SMILES string of the molecule is CCOc1ccccc1N1C(=O)[C@H]2[C@H](C1=O)[C@H]1C=C[C@H]2CC1. The zero-order chi connectivity index (χ0) is 15.3. The molecule has 0 N–H and O–H groups in total. The van der Waals surface area contributed by atoms with Gasteiger partial charge in [0.15, 0.2) is 0 Å². The van der Waals surface area contributed by atoms with Crippen molar-refractivity contribution >= 4 is 17.5 Å². The number of amides is 2. The van der Waals surface area contributed by atoms with Crippen LogP contribution in [0.1, 0.15) is 19.8 Å². The van der Waals surface area contributed by atoms with Gasteiger partial charge in [-0.15, -0.1) is 0 Å². The highest BCUT2D eigenvalue weighted by molar-refractivity contribution is 6.23. The second-order valence-corrected chi connectivity index (χ2v) is 6.25. The van der Waals surface area contributed by atoms with E-state index in [1.54, 1.807) is 6.07 Å². The predicted molar refractivity (Wildman–Crippen MR) is 82.4 cm³/mol. The second-order valence-electron chi connectivity index (χ2n) is 6.25. The van der Waals surface area contributed by atoms with Gasteiger partial charge >= 0.3 is 0 Å². The molecular formula is C18H19NO3. The molecule has 1 saturated heterocycles. The highest BCUT2D eigenvalue weighted by Crippen LogP contribution is 2.51. The Kier molecular flexibility index (Phi) is 3.06. The minimum Gasteiger partial charge on any atom is -0.492 e. The van der Waals surface area contributed by atoms with Gasteiger partial charge in [0.2, 0.25) is 11.8 Å². The maximum Gasteiger partial charge on any atom is 0.238 e. The fraction of sp³-hybridized carbons (Fsp3) is 0.444. The molecule has 2 amide bonds. The Labute approximate surface area is 129 Å². The van der Waals surface area contributed by atoms with Crippen LogP contribution in [0, 0.1) is 23.7 Å². The number of carbonyl (C=O) groups is 2. The minimum absolute atomic E-state index is 0.0544. The molecule has 1 saturated carbocycles. The molecular weight excluding hydrogens is 278 g/mol. The number of allylic oxidation sites excluding steroid dienone is 2. The summed E-state index contributed by atoms with van der Waals surface area (Å²) in [5.41, 5.74) is 0.591. The van der Waals surface area contributed by atoms with Gasteiger partial charge in [0.25, 0.3) is 0 Å². The van der Waals surface area contributed by atoms with Crippen molar-refractivity contribution in [1.82, 2.24) is 0 Å². The Hall–Kier alpha value is -2.10. The first-order valence-corrected chi connectivity index (χ1v) is 8.00. The average molecular weight is 297 g/mol. The van der Waals surface area contributed by atoms with E-state index >= 15 is 0 Å². The van der Waals surface area contributed by atoms with E-state index in [0.29, 0.717) is 18.0 Å². The third kappa shape index (κ3) is 1.76. The molecule has 5 rings (SSSR count). The standard InChI is InChI=1S/C18H19NO3/c1-2-22-14-6-4-3-5-13(14)19-17(20)15-11-7-8-12(10-9-11)16(15)18(19)21/h3-8,11-12,15-16H,2,9-10H2,1H3/t11-,12-,15+,16+/m0/s1. The van der Waals surface area contributed by atoms with Crippen LogP contribution >= 0.6 is 0 Å². The molecule has 4 aliphatic rings. The number of rotatable bonds is 3. The quantitative estimate of drug-likeness (QED) is 0.636. The molecule has 1 heterocycles. The number of hydrogen-bond acceptors (Lipinski definition) is 3. The van der Waals surface area contributed by atoms with Gasteiger partial charge < -0.3 is 4.74 Å². The zero-order valence-corrected chi connectivity index (χ0v) is 12.6. The van der Waals surface area contributed by atoms with E-state index in [0.717, 1.165) is 12.8 Å². The van der Waals surface area contributed by atoms with Gasteiger partial charge in [-0.05, 0) is 43.7 Å². The molecule has 0 aromatic heterocycles. The monoisotopic (exact) mass is 297 g/mol. The van der Waals surface area contributed by atoms with Crippen molar-refractivity contribution in [3.63, 3.8) is 0 Å². The van der Waals surface area contributed by atoms with Crippen LogP contribution in [0.2, 0.25) is 0 Å². The minimum atomic E-state index is -0.175. The lowest BCUT2D eigenvalue weighted by atomic mass is 9.63. The Morgan fingerprint density at radius 3 is 2.18 bits per heavy atom. The van der Waals surface area contributed by atoms with Crippen molar-refractivity contribution in [3.8, 4) is 5.75 Å². The van der Waals surface area contributed by atoms with Crippen LogP contribution in [-0.4, -0.2) is 18.4 Å². The fourth-order valence-corrected chi connectivity index (χ4v) is 4.23. The van der Waals surface area contributed by atoms with Crippen molar-refractivity contribution in [2.45, 2.75) is 19.8 Å². The molecule has 2 bridgehead atoms. The van der Waals surface area contributed by atoms with Crippen LogP contribution in [0.5, 0.6) is 5.75 Å². The molecule has 0 radical (unpaired) electrons. The molecule has 1 aromatic carbocycles. The lowest BCUT2D eigenvalue weighted by Gasteiger charge is -2.38. The first-order chi connectivity index (χ1) is 10.7. The van der Waals surface area contributed by atoms with E-state index < -0.39 is 0 Å². The number of benzene rings is 1. The number of nitrogens with zero attached hydrogens (tertiary/aromatic N) is 1. The topological polar surface area (TPSA) is 46.6 Å². The van der Waals surface area contributed by atoms with Crippen molar-refractivity contribution in [1.29, 1.82) is 0 Å². The third-order valence-corrected chi connectivity index (χ3v) is 5.17. The molecule has 1 aliphatic heterocycles. The van der Waals surface area contributed by atoms with E-state index in [-0.39, 0.29) is 35.5 Å². The Morgan fingerprint density at radius 1 is 1.05 bits per heavy atom. The number of para-hydroxylation sites is 2. The molecule has 22 heavy (non-hydrogen) atoms. The van der Waals surface area contributed by atoms with Crippen LogP contribution in [0.15, 0.2) is 36.4 Å². The van der Waals surface area contributed by atoms with Crippen LogP contribution in [-0.2, 0) is 9.59 Å². The van der Waals surface area contributed by atoms with Gasteiger partial charge in [-0.3, -0.25) is 9.59 Å². The molecule has 2 fully saturated rings. The Bertz CT molecular complexity index is 634. The number of anilines is 1. The van der Waals surface area contributed by atoms with Gasteiger partial charge in [0, 0.05) is 0 Å². The molecule has 4 atom stereocenters. The van der Waals surface area contributed by atoms with Crippen LogP contribution in [0.25, 0.3) is 0 Å². The first-order valence-electron chi connectivity index (χ1n) is 8.00. The molecule has 1 aromatic rings. The zero-order valence-electron chi connectivity index (χ0n) is 12.6. The molecule has 0 spiro atoms. The summed E-state index contributed by atoms with van der Waals surface area (Å²) < 4.78 is 5.61. The molecule has 114 valence electrons. The lowest BCUT2D eigenvalue weighted by Crippen LogP contribution is -2.38. The van der Waals surface area contributed by atoms with E-state index in [4.69, 9.17) is 4.74 Å². The highest BCUT2D eigenvalue weighted by Gasteiger charge is 2.57. The summed E-state index contributed by atoms with van der Waals surface area (Å²) in [6.45, 7) is 2.40. The second kappa shape index (κ2) is 4.97. The van der Waals surface area contributed by atoms with Gasteiger partial charge in [-0.1, -0.05) is 24.3 Å². The van der Waals surface area contributed by atoms with E-state index in [1.807, 2.05) is 25.1 Å². The van der Waals surface area contributed by atoms with Gasteiger partial charge in [-0.2, -0.15) is 0 Å². The van der Waals surface area contributed by atoms with Gasteiger partial charge in [-0.25, -0.2) is 4.90 Å². The number of imide groups is 1. The van der Waals surface area contributed by atoms with Crippen LogP contribution in [0.4, 0.5) is 5.69 Å². The third-order valence-electron chi connectivity index (χ3n) is 5.17. The van der Waals surface area contributed by atoms with E-state index in [9.17, 15) is 9.59 Å². The van der Waals surface area contributed by atoms with E-state index in [1.165, 1.54) is 4.90 Å². The summed E-state index contributed by atoms with van der Waals surface area (Å²) >= 11 is 0. The molecule has 4 nitrogen and oxygen atoms in total. The van der Waals surface area contributed by atoms with Crippen molar-refractivity contribution < 1.29 is 14.3 Å². The summed E-state index contributed by atoms with van der Waals surface area (Å²) in [7, 11) is 0. The molecule has 3 aliphatic carbocycles. The van der Waals surface area contributed by atoms with Crippen molar-refractivity contribution in [2.75, 3.05) is 11.5 Å². The van der Waals surface area contributed by atoms with E-state index in [2.05, 4.69) is 12.2 Å². The summed E-state index contributed by atoms with van der Waals surface area (Å²) in [6, 6.07) is 7.31. The number of carbonyl (C=O) groups excluding carboxylic acids is 2. The maximum atomic E-state index is 12.9. The van der Waals surface area contributed by atoms with Crippen LogP contribution in [0.3, 0.4) is 0 Å². The molecule has 4 heteroatoms. The maximum absolute atomic E-state index is 12.9. The van der Waals surface area contributed by atoms with Crippen molar-refractivity contribution in [2.24, 2.45) is 23.7 Å². The summed E-state index contributed by atoms with van der Waals surface area (Å²) in [5.74, 6) is 0.580. The Morgan fingerprint density at radius 2 is 1.64 bits per heavy atom. The van der Waals surface area contributed by atoms with Gasteiger partial charge in [0.1, 0.15) is 5.75 Å². The largest absolute Gasteiger partial charge is 0.492 e. The fourth-order valence-electron chi connectivity index (χ4n) is 4.23. The number of hydrogen-bond donors (Lipinski definition) is 0. The number of fused-ring (bicyclic) bond motifs is 1. The highest BCUT2D eigenvalue weighted by atomic mass is 16.5. The Balaban J connectivity index is 1.76. The summed E-state index contributed by atoms with van der Waals surface area (Å²) in [6.07, 6.45) is 6.31. The molecule has 0 unspecified atom stereocenters. The summed E-state index contributed by atoms with van der Waals surface area (Å²) in [4.78, 5) is 27.2. The van der Waals surface area contributed by atoms with Crippen molar-refractivity contribution in [3.05, 3.63) is 36.4 Å². The lowest BCUT2D eigenvalue weighted by molar-refractivity contribution is -0.124. The number of ether oxygens (including phenoxy) is 1. The predicted octanol–water partition coefficient (Wildman–Crippen LogP) is 2.79.